The summed E-state index contributed by atoms with van der Waals surface area (Å²) in [4.78, 5) is 26.7. The molecule has 2 N–H and O–H groups in total. The number of hydrogen-bond donors (Lipinski definition) is 2. The molecule has 1 unspecified atom stereocenters. The standard InChI is InChI=1S/C14H19N3O4/c1-10(18)15-5-6-17-14(19)11-2-4-16-13(8-11)21-12-3-7-20-9-12/h2,4,8,12H,3,5-7,9H2,1H3,(H,15,18)(H,17,19). The van der Waals surface area contributed by atoms with Crippen LogP contribution in [-0.2, 0) is 9.53 Å². The van der Waals surface area contributed by atoms with Crippen LogP contribution in [0, 0.1) is 0 Å². The zero-order valence-electron chi connectivity index (χ0n) is 11.9. The maximum atomic E-state index is 11.9. The average molecular weight is 293 g/mol. The number of nitrogens with zero attached hydrogens (tertiary/aromatic N) is 1. The van der Waals surface area contributed by atoms with Crippen molar-refractivity contribution in [2.45, 2.75) is 19.4 Å². The van der Waals surface area contributed by atoms with E-state index in [-0.39, 0.29) is 17.9 Å². The summed E-state index contributed by atoms with van der Waals surface area (Å²) in [6.45, 7) is 3.44. The van der Waals surface area contributed by atoms with Gasteiger partial charge in [0.25, 0.3) is 5.91 Å². The van der Waals surface area contributed by atoms with Crippen LogP contribution in [0.15, 0.2) is 18.3 Å². The van der Waals surface area contributed by atoms with Gasteiger partial charge in [-0.1, -0.05) is 0 Å². The second-order valence-corrected chi connectivity index (χ2v) is 4.73. The van der Waals surface area contributed by atoms with E-state index in [1.807, 2.05) is 0 Å². The van der Waals surface area contributed by atoms with E-state index in [2.05, 4.69) is 15.6 Å². The van der Waals surface area contributed by atoms with Gasteiger partial charge in [0.1, 0.15) is 6.10 Å². The first-order chi connectivity index (χ1) is 10.1. The quantitative estimate of drug-likeness (QED) is 0.727. The van der Waals surface area contributed by atoms with Crippen LogP contribution in [0.4, 0.5) is 0 Å². The first-order valence-corrected chi connectivity index (χ1v) is 6.88. The number of nitrogens with one attached hydrogen (secondary N) is 2. The van der Waals surface area contributed by atoms with Crippen molar-refractivity contribution < 1.29 is 19.1 Å². The first kappa shape index (κ1) is 15.2. The van der Waals surface area contributed by atoms with E-state index in [1.165, 1.54) is 13.1 Å². The molecule has 1 aromatic rings. The summed E-state index contributed by atoms with van der Waals surface area (Å²) < 4.78 is 10.9. The molecule has 1 saturated heterocycles. The van der Waals surface area contributed by atoms with Gasteiger partial charge in [-0.2, -0.15) is 0 Å². The van der Waals surface area contributed by atoms with Gasteiger partial charge in [0.05, 0.1) is 13.2 Å². The zero-order valence-corrected chi connectivity index (χ0v) is 11.9. The van der Waals surface area contributed by atoms with Crippen molar-refractivity contribution >= 4 is 11.8 Å². The highest BCUT2D eigenvalue weighted by atomic mass is 16.5. The summed E-state index contributed by atoms with van der Waals surface area (Å²) in [5.74, 6) is 0.0675. The van der Waals surface area contributed by atoms with Crippen molar-refractivity contribution in [2.75, 3.05) is 26.3 Å². The third-order valence-electron chi connectivity index (χ3n) is 2.96. The molecular formula is C14H19N3O4. The van der Waals surface area contributed by atoms with Gasteiger partial charge < -0.3 is 20.1 Å². The van der Waals surface area contributed by atoms with Crippen molar-refractivity contribution in [3.8, 4) is 5.88 Å². The molecule has 2 rings (SSSR count). The Bertz CT molecular complexity index is 501. The minimum atomic E-state index is -0.227. The Morgan fingerprint density at radius 2 is 2.24 bits per heavy atom. The van der Waals surface area contributed by atoms with Crippen LogP contribution in [0.2, 0.25) is 0 Å². The maximum absolute atomic E-state index is 11.9. The van der Waals surface area contributed by atoms with Gasteiger partial charge in [0.15, 0.2) is 0 Å². The summed E-state index contributed by atoms with van der Waals surface area (Å²) in [6.07, 6.45) is 2.36. The number of rotatable bonds is 6. The Balaban J connectivity index is 1.84. The number of ether oxygens (including phenoxy) is 2. The molecule has 1 aromatic heterocycles. The van der Waals surface area contributed by atoms with Gasteiger partial charge in [-0.25, -0.2) is 4.98 Å². The molecule has 21 heavy (non-hydrogen) atoms. The van der Waals surface area contributed by atoms with Crippen molar-refractivity contribution in [1.82, 2.24) is 15.6 Å². The van der Waals surface area contributed by atoms with Crippen LogP contribution < -0.4 is 15.4 Å². The van der Waals surface area contributed by atoms with E-state index < -0.39 is 0 Å². The van der Waals surface area contributed by atoms with E-state index in [1.54, 1.807) is 12.1 Å². The number of pyridine rings is 1. The topological polar surface area (TPSA) is 89.6 Å². The molecule has 0 aliphatic carbocycles. The van der Waals surface area contributed by atoms with Crippen LogP contribution in [0.25, 0.3) is 0 Å². The van der Waals surface area contributed by atoms with Crippen LogP contribution in [0.1, 0.15) is 23.7 Å². The Labute approximate surface area is 123 Å². The predicted molar refractivity (Wildman–Crippen MR) is 75.1 cm³/mol. The molecule has 0 radical (unpaired) electrons. The van der Waals surface area contributed by atoms with E-state index in [0.717, 1.165) is 6.42 Å². The lowest BCUT2D eigenvalue weighted by Crippen LogP contribution is -2.33. The van der Waals surface area contributed by atoms with Gasteiger partial charge >= 0.3 is 0 Å². The second-order valence-electron chi connectivity index (χ2n) is 4.73. The van der Waals surface area contributed by atoms with Crippen molar-refractivity contribution in [3.63, 3.8) is 0 Å². The fraction of sp³-hybridized carbons (Fsp3) is 0.500. The number of hydrogen-bond acceptors (Lipinski definition) is 5. The van der Waals surface area contributed by atoms with Gasteiger partial charge in [0, 0.05) is 44.3 Å². The fourth-order valence-corrected chi connectivity index (χ4v) is 1.91. The second kappa shape index (κ2) is 7.58. The third kappa shape index (κ3) is 5.03. The van der Waals surface area contributed by atoms with Crippen molar-refractivity contribution in [2.24, 2.45) is 0 Å². The zero-order chi connectivity index (χ0) is 15.1. The molecule has 7 heteroatoms. The molecule has 0 spiro atoms. The lowest BCUT2D eigenvalue weighted by molar-refractivity contribution is -0.118. The van der Waals surface area contributed by atoms with Gasteiger partial charge in [-0.15, -0.1) is 0 Å². The van der Waals surface area contributed by atoms with Gasteiger partial charge in [-0.3, -0.25) is 9.59 Å². The van der Waals surface area contributed by atoms with Crippen LogP contribution >= 0.6 is 0 Å². The van der Waals surface area contributed by atoms with Crippen LogP contribution in [0.3, 0.4) is 0 Å². The van der Waals surface area contributed by atoms with Gasteiger partial charge in [-0.05, 0) is 6.07 Å². The average Bonchev–Trinajstić information content (AvgIpc) is 2.96. The lowest BCUT2D eigenvalue weighted by atomic mass is 10.2. The highest BCUT2D eigenvalue weighted by molar-refractivity contribution is 5.94. The minimum absolute atomic E-state index is 0.00409. The molecule has 2 heterocycles. The Hall–Kier alpha value is -2.15. The molecule has 114 valence electrons. The third-order valence-corrected chi connectivity index (χ3v) is 2.96. The Morgan fingerprint density at radius 3 is 2.95 bits per heavy atom. The van der Waals surface area contributed by atoms with E-state index in [4.69, 9.17) is 9.47 Å². The molecule has 0 saturated carbocycles. The molecular weight excluding hydrogens is 274 g/mol. The summed E-state index contributed by atoms with van der Waals surface area (Å²) in [5, 5.41) is 5.32. The lowest BCUT2D eigenvalue weighted by Gasteiger charge is -2.11. The summed E-state index contributed by atoms with van der Waals surface area (Å²) in [5.41, 5.74) is 0.474. The molecule has 1 fully saturated rings. The van der Waals surface area contributed by atoms with E-state index in [0.29, 0.717) is 37.7 Å². The molecule has 1 atom stereocenters. The summed E-state index contributed by atoms with van der Waals surface area (Å²) in [6, 6.07) is 3.22. The normalized spacial score (nSPS) is 17.3. The predicted octanol–water partition coefficient (Wildman–Crippen LogP) is 0.115. The highest BCUT2D eigenvalue weighted by Crippen LogP contribution is 2.15. The number of aromatic nitrogens is 1. The molecule has 0 bridgehead atoms. The summed E-state index contributed by atoms with van der Waals surface area (Å²) >= 11 is 0. The molecule has 2 amide bonds. The minimum Gasteiger partial charge on any atom is -0.472 e. The number of amides is 2. The number of carbonyl (C=O) groups is 2. The SMILES string of the molecule is CC(=O)NCCNC(=O)c1ccnc(OC2CCOC2)c1. The molecule has 0 aromatic carbocycles. The molecule has 1 aliphatic heterocycles. The maximum Gasteiger partial charge on any atom is 0.251 e. The first-order valence-electron chi connectivity index (χ1n) is 6.88. The highest BCUT2D eigenvalue weighted by Gasteiger charge is 2.18. The largest absolute Gasteiger partial charge is 0.472 e. The Kier molecular flexibility index (Phi) is 5.51. The molecule has 1 aliphatic rings. The van der Waals surface area contributed by atoms with Crippen molar-refractivity contribution in [3.05, 3.63) is 23.9 Å². The van der Waals surface area contributed by atoms with Crippen LogP contribution in [-0.4, -0.2) is 49.2 Å². The summed E-state index contributed by atoms with van der Waals surface area (Å²) in [7, 11) is 0. The fourth-order valence-electron chi connectivity index (χ4n) is 1.91. The molecule has 7 nitrogen and oxygen atoms in total. The smallest absolute Gasteiger partial charge is 0.251 e. The van der Waals surface area contributed by atoms with Crippen molar-refractivity contribution in [1.29, 1.82) is 0 Å². The van der Waals surface area contributed by atoms with E-state index >= 15 is 0 Å². The van der Waals surface area contributed by atoms with Crippen LogP contribution in [0.5, 0.6) is 5.88 Å². The van der Waals surface area contributed by atoms with Gasteiger partial charge in [0.2, 0.25) is 11.8 Å². The number of carbonyl (C=O) groups excluding carboxylic acids is 2. The van der Waals surface area contributed by atoms with E-state index in [9.17, 15) is 9.59 Å². The Morgan fingerprint density at radius 1 is 1.43 bits per heavy atom. The monoisotopic (exact) mass is 293 g/mol.